The second-order valence-corrected chi connectivity index (χ2v) is 11.1. The number of rotatable bonds is 6. The number of methoxy groups -OCH3 is 1. The molecular weight excluding hydrogens is 446 g/mol. The van der Waals surface area contributed by atoms with Crippen molar-refractivity contribution in [2.75, 3.05) is 43.9 Å². The molecule has 1 aliphatic heterocycles. The van der Waals surface area contributed by atoms with Crippen molar-refractivity contribution in [2.45, 2.75) is 25.2 Å². The summed E-state index contributed by atoms with van der Waals surface area (Å²) in [5.74, 6) is 0.897. The van der Waals surface area contributed by atoms with Crippen molar-refractivity contribution in [1.82, 2.24) is 9.88 Å². The van der Waals surface area contributed by atoms with Crippen molar-refractivity contribution in [3.05, 3.63) is 47.5 Å². The van der Waals surface area contributed by atoms with Gasteiger partial charge < -0.3 is 14.5 Å². The van der Waals surface area contributed by atoms with Crippen LogP contribution in [0.5, 0.6) is 5.75 Å². The molecule has 3 aromatic rings. The molecule has 32 heavy (non-hydrogen) atoms. The van der Waals surface area contributed by atoms with Crippen molar-refractivity contribution in [2.24, 2.45) is 0 Å². The van der Waals surface area contributed by atoms with Crippen LogP contribution in [0.3, 0.4) is 0 Å². The molecule has 0 aliphatic carbocycles. The van der Waals surface area contributed by atoms with Crippen LogP contribution in [0.1, 0.15) is 18.1 Å². The number of amides is 1. The molecule has 7 nitrogen and oxygen atoms in total. The zero-order valence-electron chi connectivity index (χ0n) is 18.5. The van der Waals surface area contributed by atoms with E-state index >= 15 is 0 Å². The molecule has 0 spiro atoms. The maximum atomic E-state index is 12.8. The van der Waals surface area contributed by atoms with Gasteiger partial charge in [0.25, 0.3) is 0 Å². The highest BCUT2D eigenvalue weighted by Gasteiger charge is 2.24. The van der Waals surface area contributed by atoms with Gasteiger partial charge in [0.05, 0.1) is 28.9 Å². The van der Waals surface area contributed by atoms with Crippen LogP contribution in [0.4, 0.5) is 5.13 Å². The molecule has 1 amide bonds. The molecule has 0 bridgehead atoms. The number of sulfone groups is 1. The Morgan fingerprint density at radius 2 is 1.78 bits per heavy atom. The average Bonchev–Trinajstić information content (AvgIpc) is 3.26. The number of aryl methyl sites for hydroxylation is 1. The Balaban J connectivity index is 1.39. The number of aromatic nitrogens is 1. The summed E-state index contributed by atoms with van der Waals surface area (Å²) in [4.78, 5) is 22.0. The molecular formula is C23H27N3O4S2. The Hall–Kier alpha value is -2.65. The van der Waals surface area contributed by atoms with Gasteiger partial charge in [0.2, 0.25) is 5.91 Å². The predicted molar refractivity (Wildman–Crippen MR) is 128 cm³/mol. The number of carbonyl (C=O) groups excluding carboxylic acids is 1. The summed E-state index contributed by atoms with van der Waals surface area (Å²) >= 11 is 1.66. The molecule has 4 rings (SSSR count). The van der Waals surface area contributed by atoms with Gasteiger partial charge in [0.15, 0.2) is 15.0 Å². The molecule has 0 radical (unpaired) electrons. The van der Waals surface area contributed by atoms with Crippen molar-refractivity contribution < 1.29 is 17.9 Å². The van der Waals surface area contributed by atoms with Gasteiger partial charge in [-0.25, -0.2) is 13.4 Å². The van der Waals surface area contributed by atoms with Gasteiger partial charge in [-0.2, -0.15) is 0 Å². The number of nitrogens with zero attached hydrogens (tertiary/aromatic N) is 3. The standard InChI is InChI=1S/C23H27N3O4S2/c1-4-32(28,29)18-8-6-17(7-9-18)15-20(27)25-11-13-26(14-12-25)23-24-21-19(30-3)10-5-16(2)22(21)31-23/h5-10H,4,11-15H2,1-3H3. The molecule has 9 heteroatoms. The first-order valence-electron chi connectivity index (χ1n) is 10.6. The monoisotopic (exact) mass is 473 g/mol. The fraction of sp³-hybridized carbons (Fsp3) is 0.391. The van der Waals surface area contributed by atoms with E-state index in [0.717, 1.165) is 39.8 Å². The summed E-state index contributed by atoms with van der Waals surface area (Å²) in [6.07, 6.45) is 0.268. The van der Waals surface area contributed by atoms with E-state index in [2.05, 4.69) is 11.8 Å². The van der Waals surface area contributed by atoms with E-state index < -0.39 is 9.84 Å². The van der Waals surface area contributed by atoms with Crippen LogP contribution in [-0.4, -0.2) is 63.3 Å². The Labute approximate surface area is 192 Å². The highest BCUT2D eigenvalue weighted by molar-refractivity contribution is 7.91. The highest BCUT2D eigenvalue weighted by Crippen LogP contribution is 2.36. The van der Waals surface area contributed by atoms with Crippen LogP contribution < -0.4 is 9.64 Å². The van der Waals surface area contributed by atoms with Crippen molar-refractivity contribution >= 4 is 42.4 Å². The number of fused-ring (bicyclic) bond motifs is 1. The summed E-state index contributed by atoms with van der Waals surface area (Å²) in [5, 5.41) is 0.951. The topological polar surface area (TPSA) is 79.8 Å². The van der Waals surface area contributed by atoms with E-state index in [9.17, 15) is 13.2 Å². The van der Waals surface area contributed by atoms with Gasteiger partial charge in [0.1, 0.15) is 11.3 Å². The molecule has 0 unspecified atom stereocenters. The number of carbonyl (C=O) groups is 1. The zero-order valence-corrected chi connectivity index (χ0v) is 20.1. The van der Waals surface area contributed by atoms with Gasteiger partial charge in [0, 0.05) is 26.2 Å². The number of thiazole rings is 1. The van der Waals surface area contributed by atoms with Gasteiger partial charge in [-0.3, -0.25) is 4.79 Å². The van der Waals surface area contributed by atoms with Gasteiger partial charge in [-0.15, -0.1) is 0 Å². The first-order valence-corrected chi connectivity index (χ1v) is 13.1. The third kappa shape index (κ3) is 4.45. The minimum atomic E-state index is -3.23. The molecule has 0 N–H and O–H groups in total. The molecule has 1 fully saturated rings. The normalized spacial score (nSPS) is 14.7. The zero-order chi connectivity index (χ0) is 22.9. The molecule has 2 heterocycles. The maximum absolute atomic E-state index is 12.8. The van der Waals surface area contributed by atoms with E-state index in [1.54, 1.807) is 49.6 Å². The first kappa shape index (κ1) is 22.5. The number of ether oxygens (including phenoxy) is 1. The first-order chi connectivity index (χ1) is 15.3. The van der Waals surface area contributed by atoms with Crippen molar-refractivity contribution in [3.8, 4) is 5.75 Å². The lowest BCUT2D eigenvalue weighted by atomic mass is 10.1. The minimum Gasteiger partial charge on any atom is -0.494 e. The Bertz CT molecular complexity index is 1230. The van der Waals surface area contributed by atoms with E-state index in [0.29, 0.717) is 18.0 Å². The average molecular weight is 474 g/mol. The summed E-state index contributed by atoms with van der Waals surface area (Å²) in [6, 6.07) is 10.6. The minimum absolute atomic E-state index is 0.0533. The quantitative estimate of drug-likeness (QED) is 0.547. The van der Waals surface area contributed by atoms with E-state index in [-0.39, 0.29) is 18.1 Å². The molecule has 170 valence electrons. The smallest absolute Gasteiger partial charge is 0.227 e. The Morgan fingerprint density at radius 1 is 1.09 bits per heavy atom. The lowest BCUT2D eigenvalue weighted by molar-refractivity contribution is -0.130. The predicted octanol–water partition coefficient (Wildman–Crippen LogP) is 3.30. The summed E-state index contributed by atoms with van der Waals surface area (Å²) in [6.45, 7) is 6.41. The molecule has 2 aromatic carbocycles. The number of hydrogen-bond acceptors (Lipinski definition) is 7. The third-order valence-corrected chi connectivity index (χ3v) is 8.83. The van der Waals surface area contributed by atoms with Crippen molar-refractivity contribution in [3.63, 3.8) is 0 Å². The van der Waals surface area contributed by atoms with E-state index in [1.807, 2.05) is 17.0 Å². The lowest BCUT2D eigenvalue weighted by Gasteiger charge is -2.34. The van der Waals surface area contributed by atoms with Crippen LogP contribution in [0.15, 0.2) is 41.3 Å². The molecule has 0 saturated carbocycles. The summed E-state index contributed by atoms with van der Waals surface area (Å²) in [5.41, 5.74) is 2.89. The van der Waals surface area contributed by atoms with Crippen LogP contribution in [0, 0.1) is 6.92 Å². The van der Waals surface area contributed by atoms with Gasteiger partial charge >= 0.3 is 0 Å². The van der Waals surface area contributed by atoms with Crippen LogP contribution >= 0.6 is 11.3 Å². The lowest BCUT2D eigenvalue weighted by Crippen LogP contribution is -2.49. The molecule has 0 atom stereocenters. The SMILES string of the molecule is CCS(=O)(=O)c1ccc(CC(=O)N2CCN(c3nc4c(OC)ccc(C)c4s3)CC2)cc1. The van der Waals surface area contributed by atoms with Gasteiger partial charge in [-0.05, 0) is 36.2 Å². The second-order valence-electron chi connectivity index (χ2n) is 7.85. The molecule has 1 saturated heterocycles. The number of benzene rings is 2. The number of hydrogen-bond donors (Lipinski definition) is 0. The maximum Gasteiger partial charge on any atom is 0.227 e. The summed E-state index contributed by atoms with van der Waals surface area (Å²) < 4.78 is 30.5. The van der Waals surface area contributed by atoms with Gasteiger partial charge in [-0.1, -0.05) is 36.5 Å². The fourth-order valence-electron chi connectivity index (χ4n) is 3.81. The van der Waals surface area contributed by atoms with Crippen LogP contribution in [-0.2, 0) is 21.1 Å². The second kappa shape index (κ2) is 9.07. The Morgan fingerprint density at radius 3 is 2.41 bits per heavy atom. The number of anilines is 1. The molecule has 1 aliphatic rings. The Kier molecular flexibility index (Phi) is 6.39. The largest absolute Gasteiger partial charge is 0.494 e. The van der Waals surface area contributed by atoms with Crippen LogP contribution in [0.25, 0.3) is 10.2 Å². The number of piperazine rings is 1. The fourth-order valence-corrected chi connectivity index (χ4v) is 5.80. The summed E-state index contributed by atoms with van der Waals surface area (Å²) in [7, 11) is -1.57. The third-order valence-electron chi connectivity index (χ3n) is 5.83. The molecule has 1 aromatic heterocycles. The van der Waals surface area contributed by atoms with E-state index in [1.165, 1.54) is 5.56 Å². The van der Waals surface area contributed by atoms with Crippen molar-refractivity contribution in [1.29, 1.82) is 0 Å². The highest BCUT2D eigenvalue weighted by atomic mass is 32.2. The van der Waals surface area contributed by atoms with Crippen LogP contribution in [0.2, 0.25) is 0 Å². The van der Waals surface area contributed by atoms with E-state index in [4.69, 9.17) is 9.72 Å².